The largest absolute Gasteiger partial charge is 0.481 e. The molecule has 0 aromatic carbocycles. The van der Waals surface area contributed by atoms with E-state index in [-0.39, 0.29) is 24.0 Å². The lowest BCUT2D eigenvalue weighted by Gasteiger charge is -2.12. The van der Waals surface area contributed by atoms with Crippen LogP contribution in [0.25, 0.3) is 0 Å². The summed E-state index contributed by atoms with van der Waals surface area (Å²) in [5, 5.41) is 18.5. The minimum atomic E-state index is -0.774. The molecule has 1 rings (SSSR count). The van der Waals surface area contributed by atoms with E-state index in [1.807, 2.05) is 48.6 Å². The highest BCUT2D eigenvalue weighted by atomic mass is 16.4. The first-order chi connectivity index (χ1) is 12.5. The van der Waals surface area contributed by atoms with Gasteiger partial charge in [-0.1, -0.05) is 61.6 Å². The Kier molecular flexibility index (Phi) is 11.0. The van der Waals surface area contributed by atoms with Gasteiger partial charge >= 0.3 is 5.97 Å². The molecule has 0 fully saturated rings. The third kappa shape index (κ3) is 9.33. The molecule has 0 aromatic rings. The van der Waals surface area contributed by atoms with Gasteiger partial charge in [0.2, 0.25) is 0 Å². The fraction of sp³-hybridized carbons (Fsp3) is 0.455. The molecule has 1 aliphatic rings. The number of ketones is 1. The van der Waals surface area contributed by atoms with Crippen molar-refractivity contribution in [3.8, 4) is 0 Å². The Bertz CT molecular complexity index is 581. The number of aliphatic carboxylic acids is 1. The molecule has 0 aliphatic heterocycles. The zero-order chi connectivity index (χ0) is 19.2. The predicted octanol–water partition coefficient (Wildman–Crippen LogP) is 4.39. The van der Waals surface area contributed by atoms with Gasteiger partial charge in [0.05, 0.1) is 6.10 Å². The summed E-state index contributed by atoms with van der Waals surface area (Å²) >= 11 is 0. The van der Waals surface area contributed by atoms with Gasteiger partial charge in [0.15, 0.2) is 5.78 Å². The highest BCUT2D eigenvalue weighted by Gasteiger charge is 2.26. The van der Waals surface area contributed by atoms with Crippen molar-refractivity contribution in [2.45, 2.75) is 51.6 Å². The van der Waals surface area contributed by atoms with Crippen LogP contribution in [0.3, 0.4) is 0 Å². The van der Waals surface area contributed by atoms with Crippen molar-refractivity contribution in [2.24, 2.45) is 11.8 Å². The maximum Gasteiger partial charge on any atom is 0.303 e. The summed E-state index contributed by atoms with van der Waals surface area (Å²) in [5.41, 5.74) is 0. The summed E-state index contributed by atoms with van der Waals surface area (Å²) in [6, 6.07) is 0. The van der Waals surface area contributed by atoms with Gasteiger partial charge < -0.3 is 10.2 Å². The van der Waals surface area contributed by atoms with Crippen molar-refractivity contribution in [3.05, 3.63) is 60.8 Å². The lowest BCUT2D eigenvalue weighted by molar-refractivity contribution is -0.136. The number of aliphatic hydroxyl groups is 1. The summed E-state index contributed by atoms with van der Waals surface area (Å²) in [4.78, 5) is 22.1. The molecular formula is C22H30O4. The Hall–Kier alpha value is -2.20. The minimum Gasteiger partial charge on any atom is -0.481 e. The summed E-state index contributed by atoms with van der Waals surface area (Å²) in [6.45, 7) is 2.06. The molecule has 26 heavy (non-hydrogen) atoms. The van der Waals surface area contributed by atoms with E-state index in [4.69, 9.17) is 5.11 Å². The summed E-state index contributed by atoms with van der Waals surface area (Å²) in [6.07, 6.45) is 22.2. The number of carboxylic acid groups (broad SMARTS) is 1. The Morgan fingerprint density at radius 3 is 2.46 bits per heavy atom. The van der Waals surface area contributed by atoms with Gasteiger partial charge in [-0.15, -0.1) is 0 Å². The molecular weight excluding hydrogens is 328 g/mol. The van der Waals surface area contributed by atoms with Crippen LogP contribution in [0.5, 0.6) is 0 Å². The molecule has 0 amide bonds. The van der Waals surface area contributed by atoms with Crippen LogP contribution in [0.1, 0.15) is 45.4 Å². The second kappa shape index (κ2) is 13.1. The molecule has 0 heterocycles. The van der Waals surface area contributed by atoms with E-state index >= 15 is 0 Å². The molecule has 0 bridgehead atoms. The monoisotopic (exact) mass is 358 g/mol. The summed E-state index contributed by atoms with van der Waals surface area (Å²) in [7, 11) is 0. The standard InChI is InChI=1S/C22H30O4/c1-2-18-14-17-21(24)20(18)16-15-19(23)12-10-8-6-4-3-5-7-9-11-13-22(25)26/h3-4,7-10,14-20,23H,2,5-6,11-13H2,1H3,(H,25,26)/b4-3-,9-7-,10-8-,16-15+/t18-,19+,20+/m0/s1. The van der Waals surface area contributed by atoms with Crippen molar-refractivity contribution in [1.29, 1.82) is 0 Å². The minimum absolute atomic E-state index is 0.120. The molecule has 0 saturated carbocycles. The van der Waals surface area contributed by atoms with E-state index < -0.39 is 12.1 Å². The number of carbonyl (C=O) groups excluding carboxylic acids is 1. The van der Waals surface area contributed by atoms with E-state index in [1.54, 1.807) is 12.2 Å². The fourth-order valence-electron chi connectivity index (χ4n) is 2.72. The first-order valence-electron chi connectivity index (χ1n) is 9.29. The van der Waals surface area contributed by atoms with Crippen molar-refractivity contribution in [1.82, 2.24) is 0 Å². The van der Waals surface area contributed by atoms with Crippen molar-refractivity contribution < 1.29 is 19.8 Å². The SMILES string of the molecule is CC[C@H]1C=CC(=O)[C@@H]1/C=C/[C@H](O)C/C=C\C/C=C\C/C=C\CCC(=O)O. The second-order valence-electron chi connectivity index (χ2n) is 6.37. The molecule has 3 atom stereocenters. The van der Waals surface area contributed by atoms with Crippen molar-refractivity contribution in [2.75, 3.05) is 0 Å². The zero-order valence-corrected chi connectivity index (χ0v) is 15.5. The Morgan fingerprint density at radius 1 is 1.15 bits per heavy atom. The number of allylic oxidation sites excluding steroid dienone is 8. The molecule has 4 heteroatoms. The summed E-state index contributed by atoms with van der Waals surface area (Å²) in [5.74, 6) is -0.517. The molecule has 0 spiro atoms. The Morgan fingerprint density at radius 2 is 1.81 bits per heavy atom. The first-order valence-corrected chi connectivity index (χ1v) is 9.29. The van der Waals surface area contributed by atoms with Gasteiger partial charge in [0.1, 0.15) is 0 Å². The Balaban J connectivity index is 2.17. The third-order valence-corrected chi connectivity index (χ3v) is 4.26. The zero-order valence-electron chi connectivity index (χ0n) is 15.5. The van der Waals surface area contributed by atoms with Crippen LogP contribution in [0, 0.1) is 11.8 Å². The number of rotatable bonds is 12. The highest BCUT2D eigenvalue weighted by Crippen LogP contribution is 2.26. The van der Waals surface area contributed by atoms with Crippen LogP contribution in [0.2, 0.25) is 0 Å². The third-order valence-electron chi connectivity index (χ3n) is 4.26. The van der Waals surface area contributed by atoms with Crippen molar-refractivity contribution >= 4 is 11.8 Å². The molecule has 1 aliphatic carbocycles. The fourth-order valence-corrected chi connectivity index (χ4v) is 2.72. The van der Waals surface area contributed by atoms with Crippen LogP contribution >= 0.6 is 0 Å². The van der Waals surface area contributed by atoms with Gasteiger partial charge in [-0.3, -0.25) is 9.59 Å². The first kappa shape index (κ1) is 21.8. The molecule has 0 unspecified atom stereocenters. The average molecular weight is 358 g/mol. The molecule has 4 nitrogen and oxygen atoms in total. The number of carbonyl (C=O) groups is 2. The van der Waals surface area contributed by atoms with Gasteiger partial charge in [-0.05, 0) is 44.1 Å². The molecule has 2 N–H and O–H groups in total. The van der Waals surface area contributed by atoms with E-state index in [0.29, 0.717) is 12.8 Å². The van der Waals surface area contributed by atoms with E-state index in [0.717, 1.165) is 19.3 Å². The van der Waals surface area contributed by atoms with Gasteiger partial charge in [-0.2, -0.15) is 0 Å². The molecule has 0 aromatic heterocycles. The normalized spacial score (nSPS) is 21.8. The topological polar surface area (TPSA) is 74.6 Å². The lowest BCUT2D eigenvalue weighted by Crippen LogP contribution is -2.13. The van der Waals surface area contributed by atoms with Crippen LogP contribution < -0.4 is 0 Å². The lowest BCUT2D eigenvalue weighted by atomic mass is 9.92. The molecule has 0 saturated heterocycles. The average Bonchev–Trinajstić information content (AvgIpc) is 2.97. The molecule has 142 valence electrons. The van der Waals surface area contributed by atoms with Gasteiger partial charge in [0.25, 0.3) is 0 Å². The van der Waals surface area contributed by atoms with Crippen LogP contribution in [0.15, 0.2) is 60.8 Å². The smallest absolute Gasteiger partial charge is 0.303 e. The van der Waals surface area contributed by atoms with E-state index in [2.05, 4.69) is 6.92 Å². The number of aliphatic hydroxyl groups excluding tert-OH is 1. The Labute approximate surface area is 156 Å². The predicted molar refractivity (Wildman–Crippen MR) is 105 cm³/mol. The van der Waals surface area contributed by atoms with E-state index in [1.165, 1.54) is 0 Å². The van der Waals surface area contributed by atoms with Gasteiger partial charge in [0, 0.05) is 12.3 Å². The highest BCUT2D eigenvalue weighted by molar-refractivity contribution is 5.95. The quantitative estimate of drug-likeness (QED) is 0.507. The maximum atomic E-state index is 11.8. The second-order valence-corrected chi connectivity index (χ2v) is 6.37. The summed E-state index contributed by atoms with van der Waals surface area (Å²) < 4.78 is 0. The molecule has 0 radical (unpaired) electrons. The number of hydrogen-bond donors (Lipinski definition) is 2. The van der Waals surface area contributed by atoms with E-state index in [9.17, 15) is 14.7 Å². The van der Waals surface area contributed by atoms with Gasteiger partial charge in [-0.25, -0.2) is 0 Å². The maximum absolute atomic E-state index is 11.8. The number of carboxylic acids is 1. The van der Waals surface area contributed by atoms with Crippen LogP contribution in [-0.4, -0.2) is 28.1 Å². The van der Waals surface area contributed by atoms with Crippen LogP contribution in [0.4, 0.5) is 0 Å². The van der Waals surface area contributed by atoms with Crippen molar-refractivity contribution in [3.63, 3.8) is 0 Å². The van der Waals surface area contributed by atoms with Crippen LogP contribution in [-0.2, 0) is 9.59 Å². The number of hydrogen-bond acceptors (Lipinski definition) is 3.